The third-order valence-electron chi connectivity index (χ3n) is 12.1. The lowest BCUT2D eigenvalue weighted by Crippen LogP contribution is -2.30. The van der Waals surface area contributed by atoms with Gasteiger partial charge in [0.05, 0.1) is 6.67 Å². The highest BCUT2D eigenvalue weighted by Crippen LogP contribution is 2.15. The van der Waals surface area contributed by atoms with Crippen LogP contribution in [-0.2, 0) is 28.6 Å². The number of rotatable bonds is 51. The van der Waals surface area contributed by atoms with Gasteiger partial charge in [0.2, 0.25) is 0 Å². The minimum atomic E-state index is -0.795. The third kappa shape index (κ3) is 50.6. The Hall–Kier alpha value is -2.44. The molecule has 0 aromatic rings. The van der Waals surface area contributed by atoms with Gasteiger partial charge in [-0.3, -0.25) is 18.8 Å². The van der Waals surface area contributed by atoms with Crippen molar-refractivity contribution < 1.29 is 33.0 Å². The van der Waals surface area contributed by atoms with Crippen LogP contribution in [0.5, 0.6) is 0 Å². The standard InChI is InChI=1S/C57H103FO6/c1-3-5-7-9-11-13-15-17-20-24-28-32-36-40-44-48-55(59)62-52-54(53-63-56(60)49-45-41-37-33-29-25-21-18-16-14-12-10-8-6-4-2)64-57(61)50-46-42-38-34-30-26-22-19-23-27-31-35-39-43-47-51-58/h17-22,54H,3-16,23-53H2,1-2H3/b20-17-,21-18-,22-19?. The van der Waals surface area contributed by atoms with Crippen molar-refractivity contribution in [3.05, 3.63) is 36.5 Å². The van der Waals surface area contributed by atoms with E-state index in [2.05, 4.69) is 50.3 Å². The quantitative estimate of drug-likeness (QED) is 0.0262. The number of hydrogen-bond donors (Lipinski definition) is 0. The molecule has 0 saturated carbocycles. The second-order valence-corrected chi connectivity index (χ2v) is 18.5. The summed E-state index contributed by atoms with van der Waals surface area (Å²) >= 11 is 0. The molecule has 0 N–H and O–H groups in total. The number of halogens is 1. The van der Waals surface area contributed by atoms with E-state index in [1.165, 1.54) is 135 Å². The lowest BCUT2D eigenvalue weighted by molar-refractivity contribution is -0.167. The van der Waals surface area contributed by atoms with Crippen molar-refractivity contribution in [1.29, 1.82) is 0 Å². The number of ether oxygens (including phenoxy) is 3. The summed E-state index contributed by atoms with van der Waals surface area (Å²) in [6.07, 6.45) is 59.1. The van der Waals surface area contributed by atoms with Crippen molar-refractivity contribution in [2.75, 3.05) is 19.9 Å². The molecule has 7 heteroatoms. The maximum absolute atomic E-state index is 12.8. The summed E-state index contributed by atoms with van der Waals surface area (Å²) in [6.45, 7) is 4.15. The molecule has 0 unspecified atom stereocenters. The van der Waals surface area contributed by atoms with Crippen molar-refractivity contribution in [1.82, 2.24) is 0 Å². The molecule has 0 aromatic carbocycles. The number of carbonyl (C=O) groups is 3. The molecule has 0 bridgehead atoms. The molecule has 64 heavy (non-hydrogen) atoms. The predicted octanol–water partition coefficient (Wildman–Crippen LogP) is 18.0. The SMILES string of the molecule is CCCCCCCC/C=C\CCCCCCCC(=O)OCC(COC(=O)CCCCCCC/C=C\CCCCCCCC)OC(=O)CCCCCCCC=CCCCCCCCCF. The number of carbonyl (C=O) groups excluding carboxylic acids is 3. The van der Waals surface area contributed by atoms with E-state index in [9.17, 15) is 18.8 Å². The number of esters is 3. The second kappa shape index (κ2) is 53.2. The fraction of sp³-hybridized carbons (Fsp3) is 0.842. The van der Waals surface area contributed by atoms with Gasteiger partial charge in [-0.15, -0.1) is 0 Å². The summed E-state index contributed by atoms with van der Waals surface area (Å²) in [6, 6.07) is 0. The molecule has 374 valence electrons. The van der Waals surface area contributed by atoms with Crippen molar-refractivity contribution in [3.8, 4) is 0 Å². The zero-order valence-corrected chi connectivity index (χ0v) is 42.2. The first kappa shape index (κ1) is 61.6. The first-order valence-electron chi connectivity index (χ1n) is 27.5. The zero-order valence-electron chi connectivity index (χ0n) is 42.2. The van der Waals surface area contributed by atoms with Crippen LogP contribution in [0.4, 0.5) is 4.39 Å². The van der Waals surface area contributed by atoms with Gasteiger partial charge in [0.15, 0.2) is 6.10 Å². The topological polar surface area (TPSA) is 78.9 Å². The molecule has 0 aliphatic rings. The number of hydrogen-bond acceptors (Lipinski definition) is 6. The molecule has 0 radical (unpaired) electrons. The smallest absolute Gasteiger partial charge is 0.306 e. The maximum Gasteiger partial charge on any atom is 0.306 e. The van der Waals surface area contributed by atoms with Gasteiger partial charge in [0, 0.05) is 19.3 Å². The van der Waals surface area contributed by atoms with Crippen LogP contribution in [0.25, 0.3) is 0 Å². The highest BCUT2D eigenvalue weighted by molar-refractivity contribution is 5.71. The lowest BCUT2D eigenvalue weighted by atomic mass is 10.1. The molecule has 0 heterocycles. The Morgan fingerprint density at radius 3 is 0.891 bits per heavy atom. The van der Waals surface area contributed by atoms with Crippen molar-refractivity contribution in [3.63, 3.8) is 0 Å². The Kier molecular flexibility index (Phi) is 51.2. The van der Waals surface area contributed by atoms with Gasteiger partial charge in [0.1, 0.15) is 13.2 Å². The van der Waals surface area contributed by atoms with E-state index in [1.807, 2.05) is 0 Å². The molecule has 0 aliphatic heterocycles. The minimum absolute atomic E-state index is 0.0929. The van der Waals surface area contributed by atoms with Crippen LogP contribution in [0.2, 0.25) is 0 Å². The molecule has 0 atom stereocenters. The Labute approximate surface area is 395 Å². The molecule has 0 aromatic heterocycles. The van der Waals surface area contributed by atoms with E-state index in [1.54, 1.807) is 0 Å². The number of allylic oxidation sites excluding steroid dienone is 6. The number of unbranched alkanes of at least 4 members (excludes halogenated alkanes) is 33. The molecular formula is C57H103FO6. The van der Waals surface area contributed by atoms with E-state index >= 15 is 0 Å². The average Bonchev–Trinajstić information content (AvgIpc) is 3.29. The molecule has 0 amide bonds. The molecule has 0 fully saturated rings. The van der Waals surface area contributed by atoms with Crippen LogP contribution in [0, 0.1) is 0 Å². The monoisotopic (exact) mass is 903 g/mol. The van der Waals surface area contributed by atoms with E-state index < -0.39 is 6.10 Å². The Balaban J connectivity index is 4.39. The van der Waals surface area contributed by atoms with Gasteiger partial charge < -0.3 is 14.2 Å². The maximum atomic E-state index is 12.8. The van der Waals surface area contributed by atoms with Crippen LogP contribution in [0.1, 0.15) is 284 Å². The van der Waals surface area contributed by atoms with Gasteiger partial charge in [0.25, 0.3) is 0 Å². The summed E-state index contributed by atoms with van der Waals surface area (Å²) in [5, 5.41) is 0. The third-order valence-corrected chi connectivity index (χ3v) is 12.1. The average molecular weight is 903 g/mol. The number of alkyl halides is 1. The summed E-state index contributed by atoms with van der Waals surface area (Å²) in [5.74, 6) is -0.929. The van der Waals surface area contributed by atoms with Gasteiger partial charge in [-0.1, -0.05) is 198 Å². The molecule has 0 aliphatic carbocycles. The molecular weight excluding hydrogens is 800 g/mol. The molecule has 0 spiro atoms. The van der Waals surface area contributed by atoms with Crippen LogP contribution >= 0.6 is 0 Å². The van der Waals surface area contributed by atoms with Gasteiger partial charge in [-0.05, 0) is 103 Å². The van der Waals surface area contributed by atoms with E-state index in [0.717, 1.165) is 109 Å². The molecule has 0 saturated heterocycles. The largest absolute Gasteiger partial charge is 0.462 e. The first-order valence-corrected chi connectivity index (χ1v) is 27.5. The highest BCUT2D eigenvalue weighted by atomic mass is 19.1. The van der Waals surface area contributed by atoms with Crippen molar-refractivity contribution >= 4 is 17.9 Å². The Bertz CT molecular complexity index is 1030. The van der Waals surface area contributed by atoms with E-state index in [0.29, 0.717) is 25.7 Å². The summed E-state index contributed by atoms with van der Waals surface area (Å²) in [5.41, 5.74) is 0. The van der Waals surface area contributed by atoms with Crippen LogP contribution in [0.3, 0.4) is 0 Å². The molecule has 6 nitrogen and oxygen atoms in total. The summed E-state index contributed by atoms with van der Waals surface area (Å²) in [4.78, 5) is 38.0. The van der Waals surface area contributed by atoms with Crippen molar-refractivity contribution in [2.45, 2.75) is 290 Å². The van der Waals surface area contributed by atoms with Crippen LogP contribution in [0.15, 0.2) is 36.5 Å². The fourth-order valence-electron chi connectivity index (χ4n) is 7.92. The second-order valence-electron chi connectivity index (χ2n) is 18.5. The first-order chi connectivity index (χ1) is 31.5. The molecule has 0 rings (SSSR count). The Morgan fingerprint density at radius 2 is 0.594 bits per heavy atom. The zero-order chi connectivity index (χ0) is 46.5. The normalized spacial score (nSPS) is 11.8. The van der Waals surface area contributed by atoms with Gasteiger partial charge >= 0.3 is 17.9 Å². The van der Waals surface area contributed by atoms with Crippen LogP contribution in [-0.4, -0.2) is 43.9 Å². The van der Waals surface area contributed by atoms with Crippen LogP contribution < -0.4 is 0 Å². The van der Waals surface area contributed by atoms with Gasteiger partial charge in [-0.25, -0.2) is 0 Å². The summed E-state index contributed by atoms with van der Waals surface area (Å²) in [7, 11) is 0. The minimum Gasteiger partial charge on any atom is -0.462 e. The van der Waals surface area contributed by atoms with E-state index in [4.69, 9.17) is 14.2 Å². The fourth-order valence-corrected chi connectivity index (χ4v) is 7.92. The predicted molar refractivity (Wildman–Crippen MR) is 270 cm³/mol. The highest BCUT2D eigenvalue weighted by Gasteiger charge is 2.19. The lowest BCUT2D eigenvalue weighted by Gasteiger charge is -2.18. The van der Waals surface area contributed by atoms with Crippen molar-refractivity contribution in [2.24, 2.45) is 0 Å². The summed E-state index contributed by atoms with van der Waals surface area (Å²) < 4.78 is 29.0. The van der Waals surface area contributed by atoms with E-state index in [-0.39, 0.29) is 37.8 Å². The Morgan fingerprint density at radius 1 is 0.344 bits per heavy atom. The van der Waals surface area contributed by atoms with Gasteiger partial charge in [-0.2, -0.15) is 0 Å².